The second-order valence-electron chi connectivity index (χ2n) is 4.36. The first-order valence-corrected chi connectivity index (χ1v) is 6.24. The summed E-state index contributed by atoms with van der Waals surface area (Å²) in [6.07, 6.45) is -2.15. The van der Waals surface area contributed by atoms with Gasteiger partial charge in [-0.25, -0.2) is 17.9 Å². The number of nitrogens with zero attached hydrogens (tertiary/aromatic N) is 2. The van der Waals surface area contributed by atoms with Gasteiger partial charge in [-0.15, -0.1) is 0 Å². The molecule has 0 amide bonds. The first-order valence-electron chi connectivity index (χ1n) is 6.24. The number of ether oxygens (including phenoxy) is 1. The summed E-state index contributed by atoms with van der Waals surface area (Å²) >= 11 is 0. The highest BCUT2D eigenvalue weighted by Crippen LogP contribution is 2.31. The number of benzene rings is 1. The Morgan fingerprint density at radius 3 is 2.71 bits per heavy atom. The van der Waals surface area contributed by atoms with Crippen LogP contribution in [0, 0.1) is 5.82 Å². The number of aldehydes is 1. The molecule has 7 heteroatoms. The van der Waals surface area contributed by atoms with E-state index in [4.69, 9.17) is 4.74 Å². The van der Waals surface area contributed by atoms with Gasteiger partial charge >= 0.3 is 0 Å². The van der Waals surface area contributed by atoms with E-state index < -0.39 is 12.1 Å². The Labute approximate surface area is 119 Å². The summed E-state index contributed by atoms with van der Waals surface area (Å²) in [5, 5.41) is 3.57. The van der Waals surface area contributed by atoms with Crippen LogP contribution in [0.2, 0.25) is 0 Å². The number of carbonyl (C=O) groups excluding carboxylic acids is 1. The highest BCUT2D eigenvalue weighted by atomic mass is 19.3. The normalized spacial score (nSPS) is 11.0. The molecule has 0 aliphatic rings. The summed E-state index contributed by atoms with van der Waals surface area (Å²) in [6.45, 7) is 1.78. The Bertz CT molecular complexity index is 668. The van der Waals surface area contributed by atoms with Gasteiger partial charge in [0, 0.05) is 7.05 Å². The van der Waals surface area contributed by atoms with Crippen molar-refractivity contribution in [2.75, 3.05) is 0 Å². The van der Waals surface area contributed by atoms with Gasteiger partial charge in [-0.3, -0.25) is 4.79 Å². The SMILES string of the molecule is CCc1cc(Oc2c(C=O)c(C(F)F)nn2C)ccc1F. The van der Waals surface area contributed by atoms with Crippen molar-refractivity contribution in [2.24, 2.45) is 7.05 Å². The van der Waals surface area contributed by atoms with E-state index in [1.807, 2.05) is 0 Å². The quantitative estimate of drug-likeness (QED) is 0.791. The largest absolute Gasteiger partial charge is 0.439 e. The second-order valence-corrected chi connectivity index (χ2v) is 4.36. The Hall–Kier alpha value is -2.31. The van der Waals surface area contributed by atoms with Crippen LogP contribution in [-0.2, 0) is 13.5 Å². The first kappa shape index (κ1) is 15.1. The molecule has 0 saturated carbocycles. The zero-order chi connectivity index (χ0) is 15.6. The Balaban J connectivity index is 2.42. The van der Waals surface area contributed by atoms with Crippen LogP contribution in [0.25, 0.3) is 0 Å². The van der Waals surface area contributed by atoms with Crippen molar-refractivity contribution in [1.82, 2.24) is 9.78 Å². The molecule has 0 N–H and O–H groups in total. The Morgan fingerprint density at radius 2 is 2.14 bits per heavy atom. The molecule has 2 rings (SSSR count). The Kier molecular flexibility index (Phi) is 4.30. The minimum absolute atomic E-state index is 0.103. The van der Waals surface area contributed by atoms with Gasteiger partial charge in [-0.1, -0.05) is 6.92 Å². The number of halogens is 3. The van der Waals surface area contributed by atoms with E-state index >= 15 is 0 Å². The van der Waals surface area contributed by atoms with Gasteiger partial charge in [0.2, 0.25) is 5.88 Å². The highest BCUT2D eigenvalue weighted by Gasteiger charge is 2.24. The molecule has 0 atom stereocenters. The van der Waals surface area contributed by atoms with Crippen LogP contribution < -0.4 is 4.74 Å². The minimum atomic E-state index is -2.88. The fourth-order valence-electron chi connectivity index (χ4n) is 1.93. The van der Waals surface area contributed by atoms with Crippen LogP contribution in [-0.4, -0.2) is 16.1 Å². The minimum Gasteiger partial charge on any atom is -0.439 e. The molecule has 0 unspecified atom stereocenters. The predicted molar refractivity (Wildman–Crippen MR) is 69.4 cm³/mol. The van der Waals surface area contributed by atoms with E-state index in [0.717, 1.165) is 4.68 Å². The van der Waals surface area contributed by atoms with Crippen molar-refractivity contribution in [2.45, 2.75) is 19.8 Å². The summed E-state index contributed by atoms with van der Waals surface area (Å²) in [6, 6.07) is 4.04. The number of aryl methyl sites for hydroxylation is 2. The zero-order valence-corrected chi connectivity index (χ0v) is 11.4. The lowest BCUT2D eigenvalue weighted by atomic mass is 10.1. The molecule has 0 bridgehead atoms. The molecular formula is C14H13F3N2O2. The van der Waals surface area contributed by atoms with Crippen molar-refractivity contribution in [3.63, 3.8) is 0 Å². The molecule has 0 aliphatic carbocycles. The maximum Gasteiger partial charge on any atom is 0.283 e. The topological polar surface area (TPSA) is 44.1 Å². The molecule has 2 aromatic rings. The molecule has 0 aliphatic heterocycles. The number of alkyl halides is 2. The predicted octanol–water partition coefficient (Wildman–Crippen LogP) is 3.66. The smallest absolute Gasteiger partial charge is 0.283 e. The van der Waals surface area contributed by atoms with Crippen LogP contribution in [0.4, 0.5) is 13.2 Å². The average Bonchev–Trinajstić information content (AvgIpc) is 2.77. The van der Waals surface area contributed by atoms with Gasteiger partial charge in [-0.2, -0.15) is 5.10 Å². The molecule has 1 heterocycles. The zero-order valence-electron chi connectivity index (χ0n) is 11.4. The van der Waals surface area contributed by atoms with Crippen LogP contribution in [0.15, 0.2) is 18.2 Å². The molecule has 4 nitrogen and oxygen atoms in total. The third-order valence-electron chi connectivity index (χ3n) is 3.00. The van der Waals surface area contributed by atoms with Gasteiger partial charge in [0.25, 0.3) is 6.43 Å². The van der Waals surface area contributed by atoms with Crippen LogP contribution in [0.5, 0.6) is 11.6 Å². The van der Waals surface area contributed by atoms with E-state index in [9.17, 15) is 18.0 Å². The van der Waals surface area contributed by atoms with Crippen LogP contribution in [0.3, 0.4) is 0 Å². The van der Waals surface area contributed by atoms with Crippen molar-refractivity contribution in [3.05, 3.63) is 40.8 Å². The number of carbonyl (C=O) groups is 1. The maximum atomic E-state index is 13.4. The van der Waals surface area contributed by atoms with E-state index in [1.165, 1.54) is 25.2 Å². The summed E-state index contributed by atoms with van der Waals surface area (Å²) in [7, 11) is 1.39. The number of rotatable bonds is 5. The standard InChI is InChI=1S/C14H13F3N2O2/c1-3-8-6-9(4-5-11(8)15)21-14-10(7-20)12(13(16)17)18-19(14)2/h4-7,13H,3H2,1-2H3. The monoisotopic (exact) mass is 298 g/mol. The molecule has 0 spiro atoms. The highest BCUT2D eigenvalue weighted by molar-refractivity contribution is 5.80. The molecule has 1 aromatic heterocycles. The van der Waals surface area contributed by atoms with Gasteiger partial charge in [0.1, 0.15) is 22.8 Å². The second kappa shape index (κ2) is 5.99. The van der Waals surface area contributed by atoms with E-state index in [0.29, 0.717) is 12.0 Å². The molecular weight excluding hydrogens is 285 g/mol. The third-order valence-corrected chi connectivity index (χ3v) is 3.00. The maximum absolute atomic E-state index is 13.4. The lowest BCUT2D eigenvalue weighted by Crippen LogP contribution is -1.98. The lowest BCUT2D eigenvalue weighted by Gasteiger charge is -2.08. The fraction of sp³-hybridized carbons (Fsp3) is 0.286. The molecule has 0 saturated heterocycles. The average molecular weight is 298 g/mol. The fourth-order valence-corrected chi connectivity index (χ4v) is 1.93. The van der Waals surface area contributed by atoms with Crippen molar-refractivity contribution in [1.29, 1.82) is 0 Å². The summed E-state index contributed by atoms with van der Waals surface area (Å²) in [5.41, 5.74) is -0.522. The Morgan fingerprint density at radius 1 is 1.43 bits per heavy atom. The molecule has 112 valence electrons. The molecule has 21 heavy (non-hydrogen) atoms. The molecule has 0 fully saturated rings. The summed E-state index contributed by atoms with van der Waals surface area (Å²) in [4.78, 5) is 11.0. The van der Waals surface area contributed by atoms with Gasteiger partial charge in [0.15, 0.2) is 6.29 Å². The van der Waals surface area contributed by atoms with Gasteiger partial charge in [0.05, 0.1) is 0 Å². The molecule has 1 aromatic carbocycles. The summed E-state index contributed by atoms with van der Waals surface area (Å²) < 4.78 is 45.5. The third kappa shape index (κ3) is 2.91. The van der Waals surface area contributed by atoms with Crippen molar-refractivity contribution in [3.8, 4) is 11.6 Å². The molecule has 0 radical (unpaired) electrons. The van der Waals surface area contributed by atoms with Crippen LogP contribution >= 0.6 is 0 Å². The van der Waals surface area contributed by atoms with E-state index in [1.54, 1.807) is 6.92 Å². The van der Waals surface area contributed by atoms with E-state index in [2.05, 4.69) is 5.10 Å². The summed E-state index contributed by atoms with van der Waals surface area (Å²) in [5.74, 6) is -0.229. The first-order chi connectivity index (χ1) is 9.97. The van der Waals surface area contributed by atoms with Crippen molar-refractivity contribution < 1.29 is 22.7 Å². The number of hydrogen-bond acceptors (Lipinski definition) is 3. The van der Waals surface area contributed by atoms with Crippen molar-refractivity contribution >= 4 is 6.29 Å². The number of hydrogen-bond donors (Lipinski definition) is 0. The van der Waals surface area contributed by atoms with Crippen LogP contribution in [0.1, 0.15) is 35.0 Å². The lowest BCUT2D eigenvalue weighted by molar-refractivity contribution is 0.110. The van der Waals surface area contributed by atoms with Gasteiger partial charge < -0.3 is 4.74 Å². The number of aromatic nitrogens is 2. The van der Waals surface area contributed by atoms with Gasteiger partial charge in [-0.05, 0) is 30.2 Å². The van der Waals surface area contributed by atoms with E-state index in [-0.39, 0.29) is 29.3 Å².